The smallest absolute Gasteiger partial charge is 0.253 e. The number of nitrogens with one attached hydrogen (secondary N) is 1. The van der Waals surface area contributed by atoms with Crippen molar-refractivity contribution in [2.24, 2.45) is 5.41 Å². The van der Waals surface area contributed by atoms with E-state index in [0.717, 1.165) is 24.9 Å². The van der Waals surface area contributed by atoms with Crippen LogP contribution in [0.25, 0.3) is 0 Å². The van der Waals surface area contributed by atoms with Crippen molar-refractivity contribution in [3.8, 4) is 0 Å². The summed E-state index contributed by atoms with van der Waals surface area (Å²) in [6.07, 6.45) is 2.20. The Hall–Kier alpha value is -1.51. The highest BCUT2D eigenvalue weighted by Crippen LogP contribution is 2.26. The number of aryl methyl sites for hydroxylation is 1. The Labute approximate surface area is 122 Å². The number of amides is 1. The van der Waals surface area contributed by atoms with Gasteiger partial charge >= 0.3 is 0 Å². The van der Waals surface area contributed by atoms with Crippen molar-refractivity contribution >= 4 is 11.6 Å². The molecule has 0 aliphatic carbocycles. The van der Waals surface area contributed by atoms with Crippen LogP contribution in [0.2, 0.25) is 0 Å². The molecule has 1 aromatic carbocycles. The second-order valence-electron chi connectivity index (χ2n) is 6.86. The number of carbonyl (C=O) groups is 1. The monoisotopic (exact) mass is 274 g/mol. The van der Waals surface area contributed by atoms with Crippen LogP contribution in [0.15, 0.2) is 18.2 Å². The van der Waals surface area contributed by atoms with E-state index in [9.17, 15) is 4.79 Å². The van der Waals surface area contributed by atoms with E-state index in [2.05, 4.69) is 39.1 Å². The lowest BCUT2D eigenvalue weighted by Crippen LogP contribution is -2.43. The summed E-state index contributed by atoms with van der Waals surface area (Å²) in [6, 6.07) is 6.22. The highest BCUT2D eigenvalue weighted by Gasteiger charge is 2.27. The van der Waals surface area contributed by atoms with Gasteiger partial charge in [0.05, 0.1) is 0 Å². The summed E-state index contributed by atoms with van der Waals surface area (Å²) in [7, 11) is 1.90. The van der Waals surface area contributed by atoms with Crippen molar-refractivity contribution in [3.63, 3.8) is 0 Å². The summed E-state index contributed by atoms with van der Waals surface area (Å²) in [5.74, 6) is 0.112. The minimum atomic E-state index is 0.0835. The third-order valence-corrected chi connectivity index (χ3v) is 4.45. The van der Waals surface area contributed by atoms with Gasteiger partial charge in [0.15, 0.2) is 0 Å². The van der Waals surface area contributed by atoms with Crippen LogP contribution in [0.4, 0.5) is 5.69 Å². The van der Waals surface area contributed by atoms with Crippen LogP contribution in [-0.2, 0) is 6.42 Å². The van der Waals surface area contributed by atoms with Gasteiger partial charge in [0.25, 0.3) is 5.91 Å². The molecule has 3 heteroatoms. The number of fused-ring (bicyclic) bond motifs is 1. The third kappa shape index (κ3) is 2.97. The van der Waals surface area contributed by atoms with Gasteiger partial charge in [-0.05, 0) is 48.9 Å². The summed E-state index contributed by atoms with van der Waals surface area (Å²) in [5.41, 5.74) is 3.32. The number of anilines is 1. The van der Waals surface area contributed by atoms with E-state index in [1.165, 1.54) is 11.3 Å². The average Bonchev–Trinajstić information content (AvgIpc) is 2.43. The molecule has 0 saturated heterocycles. The maximum absolute atomic E-state index is 12.6. The van der Waals surface area contributed by atoms with Crippen molar-refractivity contribution in [2.75, 3.05) is 18.9 Å². The van der Waals surface area contributed by atoms with Crippen molar-refractivity contribution in [3.05, 3.63) is 29.3 Å². The number of hydrogen-bond acceptors (Lipinski definition) is 2. The number of nitrogens with zero attached hydrogens (tertiary/aromatic N) is 1. The van der Waals surface area contributed by atoms with Crippen molar-refractivity contribution in [1.29, 1.82) is 0 Å². The van der Waals surface area contributed by atoms with Crippen LogP contribution in [-0.4, -0.2) is 30.4 Å². The maximum atomic E-state index is 12.6. The van der Waals surface area contributed by atoms with E-state index in [1.54, 1.807) is 0 Å². The second kappa shape index (κ2) is 5.47. The van der Waals surface area contributed by atoms with Crippen LogP contribution in [0.3, 0.4) is 0 Å². The molecular weight excluding hydrogens is 248 g/mol. The fourth-order valence-corrected chi connectivity index (χ4v) is 2.57. The Bertz CT molecular complexity index is 502. The number of carbonyl (C=O) groups excluding carboxylic acids is 1. The molecular formula is C17H26N2O. The average molecular weight is 274 g/mol. The van der Waals surface area contributed by atoms with Crippen LogP contribution in [0.5, 0.6) is 0 Å². The molecule has 110 valence electrons. The van der Waals surface area contributed by atoms with Crippen LogP contribution < -0.4 is 5.32 Å². The molecule has 0 spiro atoms. The molecule has 0 aromatic heterocycles. The van der Waals surface area contributed by atoms with Crippen molar-refractivity contribution < 1.29 is 4.79 Å². The topological polar surface area (TPSA) is 32.3 Å². The van der Waals surface area contributed by atoms with Gasteiger partial charge in [-0.2, -0.15) is 0 Å². The summed E-state index contributed by atoms with van der Waals surface area (Å²) < 4.78 is 0. The van der Waals surface area contributed by atoms with Crippen LogP contribution in [0.1, 0.15) is 50.0 Å². The van der Waals surface area contributed by atoms with E-state index in [-0.39, 0.29) is 17.4 Å². The standard InChI is InChI=1S/C17H26N2O/c1-12(17(2,3)4)19(5)16(20)14-8-9-15-13(11-14)7-6-10-18-15/h8-9,11-12,18H,6-7,10H2,1-5H3. The molecule has 0 fully saturated rings. The normalized spacial score (nSPS) is 16.1. The Kier molecular flexibility index (Phi) is 4.07. The van der Waals surface area contributed by atoms with Gasteiger partial charge in [-0.3, -0.25) is 4.79 Å². The molecule has 1 unspecified atom stereocenters. The Morgan fingerprint density at radius 3 is 2.70 bits per heavy atom. The Morgan fingerprint density at radius 1 is 1.35 bits per heavy atom. The quantitative estimate of drug-likeness (QED) is 0.894. The lowest BCUT2D eigenvalue weighted by Gasteiger charge is -2.35. The molecule has 0 radical (unpaired) electrons. The molecule has 2 rings (SSSR count). The minimum Gasteiger partial charge on any atom is -0.385 e. The number of hydrogen-bond donors (Lipinski definition) is 1. The minimum absolute atomic E-state index is 0.0835. The zero-order chi connectivity index (χ0) is 14.9. The van der Waals surface area contributed by atoms with Gasteiger partial charge in [0, 0.05) is 30.9 Å². The lowest BCUT2D eigenvalue weighted by molar-refractivity contribution is 0.0629. The fraction of sp³-hybridized carbons (Fsp3) is 0.588. The van der Waals surface area contributed by atoms with Gasteiger partial charge in [-0.15, -0.1) is 0 Å². The number of benzene rings is 1. The largest absolute Gasteiger partial charge is 0.385 e. The molecule has 1 N–H and O–H groups in total. The van der Waals surface area contributed by atoms with Gasteiger partial charge in [-0.25, -0.2) is 0 Å². The van der Waals surface area contributed by atoms with Crippen LogP contribution in [0, 0.1) is 5.41 Å². The molecule has 20 heavy (non-hydrogen) atoms. The molecule has 1 atom stereocenters. The first-order valence-corrected chi connectivity index (χ1v) is 7.44. The summed E-state index contributed by atoms with van der Waals surface area (Å²) in [4.78, 5) is 14.5. The van der Waals surface area contributed by atoms with E-state index >= 15 is 0 Å². The molecule has 1 heterocycles. The maximum Gasteiger partial charge on any atom is 0.253 e. The molecule has 1 amide bonds. The number of rotatable bonds is 2. The van der Waals surface area contributed by atoms with Gasteiger partial charge in [0.2, 0.25) is 0 Å². The molecule has 0 bridgehead atoms. The first kappa shape index (κ1) is 14.9. The van der Waals surface area contributed by atoms with Crippen LogP contribution >= 0.6 is 0 Å². The zero-order valence-electron chi connectivity index (χ0n) is 13.3. The van der Waals surface area contributed by atoms with E-state index < -0.39 is 0 Å². The van der Waals surface area contributed by atoms with Gasteiger partial charge < -0.3 is 10.2 Å². The first-order valence-electron chi connectivity index (χ1n) is 7.44. The second-order valence-corrected chi connectivity index (χ2v) is 6.86. The van der Waals surface area contributed by atoms with E-state index in [4.69, 9.17) is 0 Å². The molecule has 1 aromatic rings. The SMILES string of the molecule is CC(N(C)C(=O)c1ccc2c(c1)CCCN2)C(C)(C)C. The molecule has 0 saturated carbocycles. The van der Waals surface area contributed by atoms with Gasteiger partial charge in [0.1, 0.15) is 0 Å². The Morgan fingerprint density at radius 2 is 2.05 bits per heavy atom. The predicted molar refractivity (Wildman–Crippen MR) is 84.3 cm³/mol. The predicted octanol–water partition coefficient (Wildman–Crippen LogP) is 3.55. The third-order valence-electron chi connectivity index (χ3n) is 4.45. The molecule has 1 aliphatic rings. The molecule has 3 nitrogen and oxygen atoms in total. The highest BCUT2D eigenvalue weighted by atomic mass is 16.2. The summed E-state index contributed by atoms with van der Waals surface area (Å²) in [5, 5.41) is 3.38. The zero-order valence-corrected chi connectivity index (χ0v) is 13.3. The highest BCUT2D eigenvalue weighted by molar-refractivity contribution is 5.95. The lowest BCUT2D eigenvalue weighted by atomic mass is 9.87. The van der Waals surface area contributed by atoms with E-state index in [0.29, 0.717) is 0 Å². The van der Waals surface area contributed by atoms with Crippen molar-refractivity contribution in [1.82, 2.24) is 4.90 Å². The van der Waals surface area contributed by atoms with Gasteiger partial charge in [-0.1, -0.05) is 20.8 Å². The Balaban J connectivity index is 2.21. The van der Waals surface area contributed by atoms with Crippen molar-refractivity contribution in [2.45, 2.75) is 46.6 Å². The molecule has 1 aliphatic heterocycles. The summed E-state index contributed by atoms with van der Waals surface area (Å²) >= 11 is 0. The summed E-state index contributed by atoms with van der Waals surface area (Å²) in [6.45, 7) is 9.63. The fourth-order valence-electron chi connectivity index (χ4n) is 2.57. The van der Waals surface area contributed by atoms with E-state index in [1.807, 2.05) is 24.1 Å². The first-order chi connectivity index (χ1) is 9.30.